The first-order valence-corrected chi connectivity index (χ1v) is 6.83. The Morgan fingerprint density at radius 1 is 0.714 bits per heavy atom. The van der Waals surface area contributed by atoms with E-state index in [1.165, 1.54) is 51.4 Å². The van der Waals surface area contributed by atoms with Gasteiger partial charge in [0, 0.05) is 5.38 Å². The van der Waals surface area contributed by atoms with Gasteiger partial charge in [-0.3, -0.25) is 0 Å². The van der Waals surface area contributed by atoms with Crippen LogP contribution in [0.3, 0.4) is 0 Å². The molecule has 0 amide bonds. The Balaban J connectivity index is 1.78. The van der Waals surface area contributed by atoms with Crippen LogP contribution in [0.4, 0.5) is 0 Å². The van der Waals surface area contributed by atoms with Crippen molar-refractivity contribution >= 4 is 11.6 Å². The maximum Gasteiger partial charge on any atom is 0.0336 e. The summed E-state index contributed by atoms with van der Waals surface area (Å²) in [6, 6.07) is 0. The van der Waals surface area contributed by atoms with Gasteiger partial charge in [-0.15, -0.1) is 11.6 Å². The van der Waals surface area contributed by atoms with Crippen molar-refractivity contribution in [3.8, 4) is 0 Å². The molecule has 0 atom stereocenters. The monoisotopic (exact) mass is 214 g/mol. The Labute approximate surface area is 93.4 Å². The fourth-order valence-electron chi connectivity index (χ4n) is 3.31. The van der Waals surface area contributed by atoms with Gasteiger partial charge in [0.15, 0.2) is 0 Å². The summed E-state index contributed by atoms with van der Waals surface area (Å²) >= 11 is 6.14. The van der Waals surface area contributed by atoms with Gasteiger partial charge in [0.1, 0.15) is 0 Å². The average molecular weight is 215 g/mol. The van der Waals surface area contributed by atoms with Crippen molar-refractivity contribution in [2.24, 2.45) is 17.8 Å². The van der Waals surface area contributed by atoms with Gasteiger partial charge in [-0.1, -0.05) is 19.8 Å². The van der Waals surface area contributed by atoms with E-state index in [1.54, 1.807) is 0 Å². The van der Waals surface area contributed by atoms with E-state index in [9.17, 15) is 0 Å². The van der Waals surface area contributed by atoms with E-state index >= 15 is 0 Å². The minimum absolute atomic E-state index is 0.494. The molecule has 0 saturated heterocycles. The second-order valence-corrected chi connectivity index (χ2v) is 6.15. The van der Waals surface area contributed by atoms with Crippen LogP contribution in [0.5, 0.6) is 0 Å². The number of halogens is 1. The summed E-state index contributed by atoms with van der Waals surface area (Å²) in [6.07, 6.45) is 11.3. The summed E-state index contributed by atoms with van der Waals surface area (Å²) < 4.78 is 0. The van der Waals surface area contributed by atoms with Gasteiger partial charge in [-0.05, 0) is 56.3 Å². The molecule has 2 saturated carbocycles. The van der Waals surface area contributed by atoms with Gasteiger partial charge in [-0.25, -0.2) is 0 Å². The van der Waals surface area contributed by atoms with Crippen molar-refractivity contribution in [2.45, 2.75) is 63.7 Å². The molecule has 0 bridgehead atoms. The summed E-state index contributed by atoms with van der Waals surface area (Å²) in [5.41, 5.74) is 0. The van der Waals surface area contributed by atoms with Crippen molar-refractivity contribution in [3.63, 3.8) is 0 Å². The highest BCUT2D eigenvalue weighted by Gasteiger charge is 2.29. The number of hydrogen-bond acceptors (Lipinski definition) is 0. The van der Waals surface area contributed by atoms with E-state index in [1.807, 2.05) is 0 Å². The summed E-state index contributed by atoms with van der Waals surface area (Å²) in [4.78, 5) is 0. The molecule has 0 spiro atoms. The van der Waals surface area contributed by atoms with Crippen LogP contribution in [0.25, 0.3) is 0 Å². The molecule has 2 aliphatic carbocycles. The molecule has 2 fully saturated rings. The predicted molar refractivity (Wildman–Crippen MR) is 62.7 cm³/mol. The normalized spacial score (nSPS) is 45.0. The Kier molecular flexibility index (Phi) is 3.76. The molecule has 1 heteroatoms. The van der Waals surface area contributed by atoms with E-state index in [2.05, 4.69) is 6.92 Å². The Morgan fingerprint density at radius 3 is 1.64 bits per heavy atom. The molecular formula is C13H23Cl. The van der Waals surface area contributed by atoms with Crippen LogP contribution in [0.2, 0.25) is 0 Å². The van der Waals surface area contributed by atoms with E-state index < -0.39 is 0 Å². The fourth-order valence-corrected chi connectivity index (χ4v) is 3.56. The number of alkyl halides is 1. The molecular weight excluding hydrogens is 192 g/mol. The van der Waals surface area contributed by atoms with Gasteiger partial charge in [-0.2, -0.15) is 0 Å². The van der Waals surface area contributed by atoms with Crippen molar-refractivity contribution in [3.05, 3.63) is 0 Å². The van der Waals surface area contributed by atoms with E-state index in [0.717, 1.165) is 17.8 Å². The van der Waals surface area contributed by atoms with Crippen LogP contribution < -0.4 is 0 Å². The SMILES string of the molecule is CC1CCC(C2CCC(Cl)CC2)CC1. The first kappa shape index (κ1) is 10.8. The van der Waals surface area contributed by atoms with Crippen LogP contribution in [0, 0.1) is 17.8 Å². The molecule has 0 aliphatic heterocycles. The third kappa shape index (κ3) is 2.66. The standard InChI is InChI=1S/C13H23Cl/c1-10-2-4-11(5-3-10)12-6-8-13(14)9-7-12/h10-13H,2-9H2,1H3. The molecule has 14 heavy (non-hydrogen) atoms. The van der Waals surface area contributed by atoms with E-state index in [0.29, 0.717) is 5.38 Å². The van der Waals surface area contributed by atoms with Gasteiger partial charge >= 0.3 is 0 Å². The zero-order chi connectivity index (χ0) is 9.97. The summed E-state index contributed by atoms with van der Waals surface area (Å²) in [5, 5.41) is 0.494. The number of hydrogen-bond donors (Lipinski definition) is 0. The van der Waals surface area contributed by atoms with Crippen LogP contribution in [-0.2, 0) is 0 Å². The smallest absolute Gasteiger partial charge is 0.0336 e. The van der Waals surface area contributed by atoms with Crippen molar-refractivity contribution in [1.82, 2.24) is 0 Å². The third-order valence-electron chi connectivity index (χ3n) is 4.43. The maximum atomic E-state index is 6.14. The Morgan fingerprint density at radius 2 is 1.14 bits per heavy atom. The lowest BCUT2D eigenvalue weighted by Gasteiger charge is -2.36. The fraction of sp³-hybridized carbons (Fsp3) is 1.00. The van der Waals surface area contributed by atoms with Gasteiger partial charge in [0.2, 0.25) is 0 Å². The zero-order valence-corrected chi connectivity index (χ0v) is 10.1. The van der Waals surface area contributed by atoms with Crippen LogP contribution in [0.1, 0.15) is 58.3 Å². The Hall–Kier alpha value is 0.290. The minimum atomic E-state index is 0.494. The van der Waals surface area contributed by atoms with Gasteiger partial charge in [0.25, 0.3) is 0 Å². The third-order valence-corrected chi connectivity index (χ3v) is 4.86. The topological polar surface area (TPSA) is 0 Å². The molecule has 0 heterocycles. The molecule has 0 unspecified atom stereocenters. The molecule has 0 aromatic heterocycles. The lowest BCUT2D eigenvalue weighted by atomic mass is 9.71. The lowest BCUT2D eigenvalue weighted by Crippen LogP contribution is -2.25. The molecule has 0 aromatic carbocycles. The minimum Gasteiger partial charge on any atom is -0.123 e. The maximum absolute atomic E-state index is 6.14. The highest BCUT2D eigenvalue weighted by Crippen LogP contribution is 2.40. The summed E-state index contributed by atoms with van der Waals surface area (Å²) in [6.45, 7) is 2.41. The molecule has 0 N–H and O–H groups in total. The highest BCUT2D eigenvalue weighted by molar-refractivity contribution is 6.20. The van der Waals surface area contributed by atoms with Crippen LogP contribution in [-0.4, -0.2) is 5.38 Å². The number of rotatable bonds is 1. The average Bonchev–Trinajstić information content (AvgIpc) is 2.21. The molecule has 2 rings (SSSR count). The largest absolute Gasteiger partial charge is 0.123 e. The van der Waals surface area contributed by atoms with Crippen molar-refractivity contribution in [2.75, 3.05) is 0 Å². The summed E-state index contributed by atoms with van der Waals surface area (Å²) in [5.74, 6) is 3.07. The second kappa shape index (κ2) is 4.88. The second-order valence-electron chi connectivity index (χ2n) is 5.53. The summed E-state index contributed by atoms with van der Waals surface area (Å²) in [7, 11) is 0. The predicted octanol–water partition coefficient (Wildman–Crippen LogP) is 4.61. The zero-order valence-electron chi connectivity index (χ0n) is 9.34. The van der Waals surface area contributed by atoms with E-state index in [4.69, 9.17) is 11.6 Å². The molecule has 2 aliphatic rings. The first-order chi connectivity index (χ1) is 6.75. The Bertz CT molecular complexity index is 142. The van der Waals surface area contributed by atoms with E-state index in [-0.39, 0.29) is 0 Å². The molecule has 0 aromatic rings. The molecule has 0 nitrogen and oxygen atoms in total. The van der Waals surface area contributed by atoms with Crippen LogP contribution >= 0.6 is 11.6 Å². The van der Waals surface area contributed by atoms with Gasteiger partial charge < -0.3 is 0 Å². The quantitative estimate of drug-likeness (QED) is 0.560. The molecule has 82 valence electrons. The first-order valence-electron chi connectivity index (χ1n) is 6.39. The van der Waals surface area contributed by atoms with Crippen LogP contribution in [0.15, 0.2) is 0 Å². The molecule has 0 radical (unpaired) electrons. The van der Waals surface area contributed by atoms with Crippen molar-refractivity contribution < 1.29 is 0 Å². The lowest BCUT2D eigenvalue weighted by molar-refractivity contribution is 0.174. The highest BCUT2D eigenvalue weighted by atomic mass is 35.5. The van der Waals surface area contributed by atoms with Gasteiger partial charge in [0.05, 0.1) is 0 Å². The van der Waals surface area contributed by atoms with Crippen molar-refractivity contribution in [1.29, 1.82) is 0 Å².